The third-order valence-corrected chi connectivity index (χ3v) is 10.7. The fourth-order valence-electron chi connectivity index (χ4n) is 7.79. The number of likely N-dealkylation sites (tertiary alicyclic amines) is 1. The lowest BCUT2D eigenvalue weighted by atomic mass is 9.53. The largest absolute Gasteiger partial charge is 0.504 e. The number of carbonyl (C=O) groups is 4. The number of likely N-dealkylation sites (N-methyl/N-ethyl adjacent to an activating group) is 1. The van der Waals surface area contributed by atoms with E-state index < -0.39 is 53.7 Å². The number of piperidine rings is 1. The number of thioether (sulfide) groups is 1. The average Bonchev–Trinajstić information content (AvgIpc) is 3.30. The highest BCUT2D eigenvalue weighted by Gasteiger charge is 2.65. The molecular weight excluding hydrogens is 594 g/mol. The quantitative estimate of drug-likeness (QED) is 0.266. The predicted molar refractivity (Wildman–Crippen MR) is 155 cm³/mol. The van der Waals surface area contributed by atoms with Gasteiger partial charge in [-0.3, -0.25) is 19.2 Å². The minimum Gasteiger partial charge on any atom is -0.504 e. The van der Waals surface area contributed by atoms with Crippen LogP contribution in [0.2, 0.25) is 0 Å². The summed E-state index contributed by atoms with van der Waals surface area (Å²) in [5.41, 5.74) is 0.904. The number of nitrogens with zero attached hydrogens (tertiary/aromatic N) is 1. The van der Waals surface area contributed by atoms with Crippen molar-refractivity contribution in [2.75, 3.05) is 20.2 Å². The highest BCUT2D eigenvalue weighted by Crippen LogP contribution is 2.63. The number of phenolic OH excluding ortho intramolecular Hbond substituents is 1. The summed E-state index contributed by atoms with van der Waals surface area (Å²) in [7, 11) is 2.14. The number of phenols is 1. The minimum atomic E-state index is -1.25. The van der Waals surface area contributed by atoms with Gasteiger partial charge in [0.2, 0.25) is 0 Å². The van der Waals surface area contributed by atoms with Crippen LogP contribution in [0.4, 0.5) is 0 Å². The first-order valence-electron chi connectivity index (χ1n) is 14.8. The molecule has 2 fully saturated rings. The molecule has 10 atom stereocenters. The van der Waals surface area contributed by atoms with Crippen LogP contribution in [0.25, 0.3) is 0 Å². The summed E-state index contributed by atoms with van der Waals surface area (Å²) in [6, 6.07) is 3.95. The summed E-state index contributed by atoms with van der Waals surface area (Å²) >= 11 is 1.33. The van der Waals surface area contributed by atoms with Gasteiger partial charge in [-0.25, -0.2) is 0 Å². The standard InChI is InChI=1S/C31H37NO11S/c1-14(33)38-13-22-26(39-15(2)34)27(40-16(3)35)28(41-17(4)36)30(42-22)44-23-9-7-19-20-12-18-6-8-21(37)25-24(18)31(19,29(23)43-25)10-11-32(20)5/h6-9,19-20,22-23,26-30,37H,10-13H2,1-5H3/t19?,20?,22-,23?,26+,27+,28-,29?,30?,31?/m1/s1. The second-order valence-electron chi connectivity index (χ2n) is 12.1. The van der Waals surface area contributed by atoms with Crippen molar-refractivity contribution in [1.29, 1.82) is 0 Å². The fraction of sp³-hybridized carbons (Fsp3) is 0.613. The Morgan fingerprint density at radius 2 is 1.66 bits per heavy atom. The minimum absolute atomic E-state index is 0.0969. The van der Waals surface area contributed by atoms with Crippen molar-refractivity contribution < 1.29 is 52.7 Å². The van der Waals surface area contributed by atoms with Gasteiger partial charge in [-0.2, -0.15) is 0 Å². The molecular formula is C31H37NO11S. The zero-order chi connectivity index (χ0) is 31.5. The summed E-state index contributed by atoms with van der Waals surface area (Å²) in [6.07, 6.45) is 0.918. The van der Waals surface area contributed by atoms with Crippen LogP contribution in [0, 0.1) is 5.92 Å². The Bertz CT molecular complexity index is 1400. The van der Waals surface area contributed by atoms with Gasteiger partial charge < -0.3 is 38.4 Å². The Balaban J connectivity index is 1.38. The maximum atomic E-state index is 12.4. The van der Waals surface area contributed by atoms with Crippen LogP contribution in [0.1, 0.15) is 45.2 Å². The SMILES string of the molecule is CC(=O)OC[C@H]1OC(SC2C=CC3C4Cc5ccc(O)c6c5C3(CCN4C)C2O6)[C@H](OC(C)=O)[C@@H](OC(C)=O)[C@H]1OC(C)=O. The highest BCUT2D eigenvalue weighted by atomic mass is 32.2. The van der Waals surface area contributed by atoms with Crippen LogP contribution in [0.3, 0.4) is 0 Å². The van der Waals surface area contributed by atoms with E-state index >= 15 is 0 Å². The van der Waals surface area contributed by atoms with Crippen molar-refractivity contribution in [2.24, 2.45) is 5.92 Å². The number of hydrogen-bond acceptors (Lipinski definition) is 13. The van der Waals surface area contributed by atoms with Gasteiger partial charge in [0.15, 0.2) is 29.8 Å². The number of benzene rings is 1. The predicted octanol–water partition coefficient (Wildman–Crippen LogP) is 2.02. The van der Waals surface area contributed by atoms with E-state index in [2.05, 4.69) is 24.1 Å². The molecule has 5 aliphatic rings. The van der Waals surface area contributed by atoms with E-state index in [1.165, 1.54) is 45.0 Å². The smallest absolute Gasteiger partial charge is 0.303 e. The average molecular weight is 632 g/mol. The lowest BCUT2D eigenvalue weighted by molar-refractivity contribution is -0.237. The number of hydrogen-bond donors (Lipinski definition) is 1. The molecule has 1 aromatic rings. The van der Waals surface area contributed by atoms with E-state index in [1.807, 2.05) is 6.07 Å². The molecule has 13 heteroatoms. The van der Waals surface area contributed by atoms with Gasteiger partial charge >= 0.3 is 23.9 Å². The molecule has 0 radical (unpaired) electrons. The number of rotatable bonds is 7. The maximum Gasteiger partial charge on any atom is 0.303 e. The molecule has 1 spiro atoms. The molecule has 1 aromatic carbocycles. The number of ether oxygens (including phenoxy) is 6. The van der Waals surface area contributed by atoms with Gasteiger partial charge in [0, 0.05) is 50.6 Å². The molecule has 44 heavy (non-hydrogen) atoms. The van der Waals surface area contributed by atoms with Gasteiger partial charge in [0.25, 0.3) is 0 Å². The molecule has 2 bridgehead atoms. The summed E-state index contributed by atoms with van der Waals surface area (Å²) in [5.74, 6) is -1.82. The molecule has 0 amide bonds. The Kier molecular flexibility index (Phi) is 8.08. The molecule has 2 saturated heterocycles. The lowest BCUT2D eigenvalue weighted by Gasteiger charge is -2.57. The zero-order valence-corrected chi connectivity index (χ0v) is 26.0. The Labute approximate surface area is 259 Å². The van der Waals surface area contributed by atoms with Crippen molar-refractivity contribution in [2.45, 2.75) is 93.2 Å². The van der Waals surface area contributed by atoms with Crippen LogP contribution in [0.15, 0.2) is 24.3 Å². The zero-order valence-electron chi connectivity index (χ0n) is 25.2. The van der Waals surface area contributed by atoms with Gasteiger partial charge in [0.1, 0.15) is 24.3 Å². The van der Waals surface area contributed by atoms with Crippen LogP contribution >= 0.6 is 11.8 Å². The first kappa shape index (κ1) is 30.7. The molecule has 1 N–H and O–H groups in total. The third-order valence-electron chi connectivity index (χ3n) is 9.37. The molecule has 2 aliphatic carbocycles. The molecule has 6 rings (SSSR count). The second-order valence-corrected chi connectivity index (χ2v) is 13.4. The Hall–Kier alpha value is -3.29. The molecule has 3 aliphatic heterocycles. The summed E-state index contributed by atoms with van der Waals surface area (Å²) in [5, 5.41) is 10.6. The second kappa shape index (κ2) is 11.6. The molecule has 0 saturated carbocycles. The van der Waals surface area contributed by atoms with Gasteiger partial charge in [0.05, 0.1) is 5.25 Å². The van der Waals surface area contributed by atoms with Crippen LogP contribution in [-0.4, -0.2) is 101 Å². The van der Waals surface area contributed by atoms with Crippen LogP contribution in [0.5, 0.6) is 11.5 Å². The summed E-state index contributed by atoms with van der Waals surface area (Å²) in [6.45, 7) is 5.42. The summed E-state index contributed by atoms with van der Waals surface area (Å²) in [4.78, 5) is 50.9. The van der Waals surface area contributed by atoms with Crippen molar-refractivity contribution >= 4 is 35.6 Å². The first-order chi connectivity index (χ1) is 20.9. The van der Waals surface area contributed by atoms with E-state index in [1.54, 1.807) is 6.07 Å². The molecule has 238 valence electrons. The normalized spacial score (nSPS) is 36.4. The van der Waals surface area contributed by atoms with Crippen LogP contribution in [-0.2, 0) is 54.7 Å². The molecule has 12 nitrogen and oxygen atoms in total. The highest BCUT2D eigenvalue weighted by molar-refractivity contribution is 8.00. The van der Waals surface area contributed by atoms with E-state index in [0.29, 0.717) is 5.75 Å². The van der Waals surface area contributed by atoms with Crippen molar-refractivity contribution in [3.63, 3.8) is 0 Å². The van der Waals surface area contributed by atoms with Gasteiger partial charge in [-0.15, -0.1) is 11.8 Å². The fourth-order valence-corrected chi connectivity index (χ4v) is 9.29. The van der Waals surface area contributed by atoms with E-state index in [4.69, 9.17) is 28.4 Å². The van der Waals surface area contributed by atoms with Gasteiger partial charge in [-0.1, -0.05) is 18.2 Å². The first-order valence-corrected chi connectivity index (χ1v) is 15.7. The van der Waals surface area contributed by atoms with Gasteiger partial charge in [-0.05, 0) is 38.1 Å². The van der Waals surface area contributed by atoms with E-state index in [9.17, 15) is 24.3 Å². The lowest BCUT2D eigenvalue weighted by Crippen LogP contribution is -2.65. The monoisotopic (exact) mass is 631 g/mol. The maximum absolute atomic E-state index is 12.4. The molecule has 3 heterocycles. The molecule has 0 aromatic heterocycles. The van der Waals surface area contributed by atoms with Crippen molar-refractivity contribution in [1.82, 2.24) is 4.90 Å². The van der Waals surface area contributed by atoms with E-state index in [-0.39, 0.29) is 41.1 Å². The van der Waals surface area contributed by atoms with Crippen molar-refractivity contribution in [3.05, 3.63) is 35.4 Å². The topological polar surface area (TPSA) is 147 Å². The third kappa shape index (κ3) is 5.12. The number of carbonyl (C=O) groups excluding carboxylic acids is 4. The Morgan fingerprint density at radius 1 is 0.977 bits per heavy atom. The number of aromatic hydroxyl groups is 1. The molecule has 6 unspecified atom stereocenters. The summed E-state index contributed by atoms with van der Waals surface area (Å²) < 4.78 is 35.2. The Morgan fingerprint density at radius 3 is 2.34 bits per heavy atom. The van der Waals surface area contributed by atoms with Crippen molar-refractivity contribution in [3.8, 4) is 11.5 Å². The number of esters is 4. The van der Waals surface area contributed by atoms with Crippen LogP contribution < -0.4 is 4.74 Å². The van der Waals surface area contributed by atoms with E-state index in [0.717, 1.165) is 24.9 Å².